The van der Waals surface area contributed by atoms with Crippen LogP contribution in [0.5, 0.6) is 0 Å². The number of amides is 1. The quantitative estimate of drug-likeness (QED) is 0.0261. The van der Waals surface area contributed by atoms with Crippen molar-refractivity contribution in [3.63, 3.8) is 0 Å². The smallest absolute Gasteiger partial charge is 0.220 e. The summed E-state index contributed by atoms with van der Waals surface area (Å²) in [7, 11) is 0. The predicted octanol–water partition coefficient (Wildman–Crippen LogP) is 12.8. The Hall–Kier alpha value is -1.59. The number of unbranched alkanes of at least 4 members (excludes halogenated alkanes) is 32. The topological polar surface area (TPSA) is 149 Å². The number of hydrogen-bond donors (Lipinski definition) is 6. The van der Waals surface area contributed by atoms with Gasteiger partial charge in [0.05, 0.1) is 25.4 Å². The molecule has 0 aromatic carbocycles. The van der Waals surface area contributed by atoms with Gasteiger partial charge in [0, 0.05) is 6.42 Å². The summed E-state index contributed by atoms with van der Waals surface area (Å²) in [5.74, 6) is -0.187. The second-order valence-corrected chi connectivity index (χ2v) is 19.0. The molecule has 0 aromatic heterocycles. The molecule has 1 aliphatic heterocycles. The zero-order valence-corrected chi connectivity index (χ0v) is 41.5. The average Bonchev–Trinajstić information content (AvgIpc) is 3.29. The molecular formula is C55H103NO8. The normalized spacial score (nSPS) is 20.3. The van der Waals surface area contributed by atoms with E-state index in [2.05, 4.69) is 43.5 Å². The number of ether oxygens (including phenoxy) is 2. The minimum atomic E-state index is -1.57. The molecule has 7 unspecified atom stereocenters. The molecule has 7 atom stereocenters. The second kappa shape index (κ2) is 45.2. The van der Waals surface area contributed by atoms with E-state index in [9.17, 15) is 30.3 Å². The van der Waals surface area contributed by atoms with Gasteiger partial charge in [-0.1, -0.05) is 237 Å². The molecule has 1 rings (SSSR count). The van der Waals surface area contributed by atoms with Gasteiger partial charge in [-0.25, -0.2) is 0 Å². The van der Waals surface area contributed by atoms with E-state index in [4.69, 9.17) is 9.47 Å². The number of aliphatic hydroxyl groups excluding tert-OH is 5. The van der Waals surface area contributed by atoms with Crippen LogP contribution in [0.15, 0.2) is 36.5 Å². The summed E-state index contributed by atoms with van der Waals surface area (Å²) >= 11 is 0. The number of carbonyl (C=O) groups is 1. The maximum atomic E-state index is 13.0. The van der Waals surface area contributed by atoms with Gasteiger partial charge in [0.1, 0.15) is 24.4 Å². The van der Waals surface area contributed by atoms with Gasteiger partial charge in [-0.3, -0.25) is 4.79 Å². The van der Waals surface area contributed by atoms with Gasteiger partial charge in [-0.15, -0.1) is 0 Å². The van der Waals surface area contributed by atoms with Crippen LogP contribution in [0.25, 0.3) is 0 Å². The Bertz CT molecular complexity index is 1100. The fourth-order valence-electron chi connectivity index (χ4n) is 8.60. The highest BCUT2D eigenvalue weighted by atomic mass is 16.7. The van der Waals surface area contributed by atoms with Crippen LogP contribution in [0.4, 0.5) is 0 Å². The molecule has 1 heterocycles. The fraction of sp³-hybridized carbons (Fsp3) is 0.873. The molecule has 9 nitrogen and oxygen atoms in total. The number of allylic oxidation sites excluding steroid dienone is 5. The van der Waals surface area contributed by atoms with Crippen molar-refractivity contribution in [2.24, 2.45) is 0 Å². The van der Waals surface area contributed by atoms with Crippen LogP contribution in [-0.4, -0.2) is 87.5 Å². The van der Waals surface area contributed by atoms with Gasteiger partial charge >= 0.3 is 0 Å². The van der Waals surface area contributed by atoms with Crippen molar-refractivity contribution in [2.45, 2.75) is 294 Å². The Kier molecular flexibility index (Phi) is 42.7. The zero-order chi connectivity index (χ0) is 46.6. The summed E-state index contributed by atoms with van der Waals surface area (Å²) in [6.07, 6.45) is 50.6. The van der Waals surface area contributed by atoms with E-state index in [0.717, 1.165) is 44.9 Å². The standard InChI is InChI=1S/C55H103NO8/c1-3-5-7-9-11-13-15-17-19-21-23-24-25-26-27-29-31-33-35-37-39-41-43-45-51(59)56-48(47-63-55-54(62)53(61)52(60)50(46-57)64-55)49(58)44-42-40-38-36-34-32-30-28-22-20-18-16-14-12-10-8-6-4-2/h22,28,34,36,42,44,48-50,52-55,57-58,60-62H,3-21,23-27,29-33,35,37-41,43,45-47H2,1-2H3,(H,56,59)/b28-22+,36-34+,44-42+. The summed E-state index contributed by atoms with van der Waals surface area (Å²) in [6.45, 7) is 3.77. The van der Waals surface area contributed by atoms with Crippen LogP contribution in [0.3, 0.4) is 0 Å². The van der Waals surface area contributed by atoms with Crippen LogP contribution >= 0.6 is 0 Å². The van der Waals surface area contributed by atoms with Crippen molar-refractivity contribution >= 4 is 5.91 Å². The molecule has 0 saturated carbocycles. The molecule has 0 aromatic rings. The van der Waals surface area contributed by atoms with Crippen molar-refractivity contribution in [3.8, 4) is 0 Å². The van der Waals surface area contributed by atoms with E-state index in [1.165, 1.54) is 186 Å². The summed E-state index contributed by atoms with van der Waals surface area (Å²) in [4.78, 5) is 13.0. The Morgan fingerprint density at radius 2 is 0.891 bits per heavy atom. The lowest BCUT2D eigenvalue weighted by Crippen LogP contribution is -2.60. The molecular weight excluding hydrogens is 803 g/mol. The van der Waals surface area contributed by atoms with Gasteiger partial charge in [0.2, 0.25) is 5.91 Å². The van der Waals surface area contributed by atoms with Gasteiger partial charge in [0.25, 0.3) is 0 Å². The first-order valence-corrected chi connectivity index (χ1v) is 27.2. The summed E-state index contributed by atoms with van der Waals surface area (Å²) in [5.41, 5.74) is 0. The highest BCUT2D eigenvalue weighted by molar-refractivity contribution is 5.76. The van der Waals surface area contributed by atoms with Crippen molar-refractivity contribution in [2.75, 3.05) is 13.2 Å². The van der Waals surface area contributed by atoms with Gasteiger partial charge in [-0.2, -0.15) is 0 Å². The SMILES string of the molecule is CCCCCCCCCC/C=C/CC/C=C/CC/C=C/C(O)C(COC1OC(CO)C(O)C(O)C1O)NC(=O)CCCCCCCCCCCCCCCCCCCCCCCCC. The molecule has 1 aliphatic rings. The first-order chi connectivity index (χ1) is 31.3. The lowest BCUT2D eigenvalue weighted by molar-refractivity contribution is -0.302. The van der Waals surface area contributed by atoms with Crippen LogP contribution < -0.4 is 5.32 Å². The van der Waals surface area contributed by atoms with E-state index < -0.39 is 49.5 Å². The Morgan fingerprint density at radius 3 is 1.31 bits per heavy atom. The van der Waals surface area contributed by atoms with Crippen LogP contribution in [0.1, 0.15) is 251 Å². The largest absolute Gasteiger partial charge is 0.394 e. The lowest BCUT2D eigenvalue weighted by Gasteiger charge is -2.40. The van der Waals surface area contributed by atoms with Crippen molar-refractivity contribution in [3.05, 3.63) is 36.5 Å². The number of rotatable bonds is 46. The average molecular weight is 906 g/mol. The van der Waals surface area contributed by atoms with Crippen molar-refractivity contribution < 1.29 is 39.8 Å². The summed E-state index contributed by atoms with van der Waals surface area (Å²) in [5, 5.41) is 54.4. The number of carbonyl (C=O) groups excluding carboxylic acids is 1. The molecule has 0 spiro atoms. The predicted molar refractivity (Wildman–Crippen MR) is 267 cm³/mol. The molecule has 1 amide bonds. The molecule has 0 bridgehead atoms. The third kappa shape index (κ3) is 34.7. The van der Waals surface area contributed by atoms with Crippen LogP contribution in [0.2, 0.25) is 0 Å². The minimum Gasteiger partial charge on any atom is -0.394 e. The van der Waals surface area contributed by atoms with Gasteiger partial charge in [0.15, 0.2) is 6.29 Å². The monoisotopic (exact) mass is 906 g/mol. The Labute approximate surface area is 393 Å². The third-order valence-corrected chi connectivity index (χ3v) is 12.9. The number of hydrogen-bond acceptors (Lipinski definition) is 8. The van der Waals surface area contributed by atoms with E-state index in [1.807, 2.05) is 6.08 Å². The summed E-state index contributed by atoms with van der Waals surface area (Å²) < 4.78 is 11.2. The fourth-order valence-corrected chi connectivity index (χ4v) is 8.60. The maximum Gasteiger partial charge on any atom is 0.220 e. The zero-order valence-electron chi connectivity index (χ0n) is 41.5. The molecule has 1 fully saturated rings. The minimum absolute atomic E-state index is 0.187. The molecule has 1 saturated heterocycles. The Morgan fingerprint density at radius 1 is 0.516 bits per heavy atom. The molecule has 376 valence electrons. The van der Waals surface area contributed by atoms with E-state index in [1.54, 1.807) is 6.08 Å². The molecule has 0 aliphatic carbocycles. The molecule has 0 radical (unpaired) electrons. The van der Waals surface area contributed by atoms with Crippen molar-refractivity contribution in [1.82, 2.24) is 5.32 Å². The molecule has 6 N–H and O–H groups in total. The second-order valence-electron chi connectivity index (χ2n) is 19.0. The first-order valence-electron chi connectivity index (χ1n) is 27.2. The van der Waals surface area contributed by atoms with E-state index in [-0.39, 0.29) is 12.5 Å². The molecule has 64 heavy (non-hydrogen) atoms. The third-order valence-electron chi connectivity index (χ3n) is 12.9. The first kappa shape index (κ1) is 60.4. The maximum absolute atomic E-state index is 13.0. The van der Waals surface area contributed by atoms with Crippen LogP contribution in [-0.2, 0) is 14.3 Å². The number of nitrogens with one attached hydrogen (secondary N) is 1. The van der Waals surface area contributed by atoms with Gasteiger partial charge < -0.3 is 40.3 Å². The number of aliphatic hydroxyl groups is 5. The lowest BCUT2D eigenvalue weighted by atomic mass is 9.99. The highest BCUT2D eigenvalue weighted by Crippen LogP contribution is 2.23. The van der Waals surface area contributed by atoms with Crippen molar-refractivity contribution in [1.29, 1.82) is 0 Å². The van der Waals surface area contributed by atoms with E-state index in [0.29, 0.717) is 6.42 Å². The van der Waals surface area contributed by atoms with Crippen LogP contribution in [0, 0.1) is 0 Å². The van der Waals surface area contributed by atoms with Gasteiger partial charge in [-0.05, 0) is 44.9 Å². The molecule has 9 heteroatoms. The highest BCUT2D eigenvalue weighted by Gasteiger charge is 2.44. The Balaban J connectivity index is 2.27. The van der Waals surface area contributed by atoms with E-state index >= 15 is 0 Å². The summed E-state index contributed by atoms with van der Waals surface area (Å²) in [6, 6.07) is -0.825.